The highest BCUT2D eigenvalue weighted by atomic mass is 16.2. The third kappa shape index (κ3) is 4.33. The Morgan fingerprint density at radius 1 is 1.19 bits per heavy atom. The number of benzene rings is 1. The van der Waals surface area contributed by atoms with E-state index >= 15 is 0 Å². The van der Waals surface area contributed by atoms with Gasteiger partial charge in [0.2, 0.25) is 5.91 Å². The lowest BCUT2D eigenvalue weighted by molar-refractivity contribution is -0.121. The van der Waals surface area contributed by atoms with Crippen LogP contribution >= 0.6 is 0 Å². The van der Waals surface area contributed by atoms with Gasteiger partial charge in [-0.25, -0.2) is 4.79 Å². The summed E-state index contributed by atoms with van der Waals surface area (Å²) < 4.78 is 3.35. The predicted octanol–water partition coefficient (Wildman–Crippen LogP) is 1.10. The fraction of sp³-hybridized carbons (Fsp3) is 0.368. The maximum atomic E-state index is 12.1. The van der Waals surface area contributed by atoms with Crippen LogP contribution in [0.5, 0.6) is 0 Å². The molecule has 0 aliphatic rings. The van der Waals surface area contributed by atoms with Crippen LogP contribution in [-0.4, -0.2) is 31.8 Å². The van der Waals surface area contributed by atoms with E-state index in [9.17, 15) is 14.4 Å². The van der Waals surface area contributed by atoms with Crippen LogP contribution in [0.25, 0.3) is 10.9 Å². The Morgan fingerprint density at radius 3 is 2.70 bits per heavy atom. The lowest BCUT2D eigenvalue weighted by Gasteiger charge is -2.10. The van der Waals surface area contributed by atoms with E-state index in [0.29, 0.717) is 17.4 Å². The number of carbonyl (C=O) groups excluding carboxylic acids is 1. The second kappa shape index (κ2) is 8.03. The molecule has 0 atom stereocenters. The van der Waals surface area contributed by atoms with E-state index in [2.05, 4.69) is 15.4 Å². The number of rotatable bonds is 7. The molecular weight excluding hydrogens is 346 g/mol. The molecule has 2 heterocycles. The number of amides is 1. The van der Waals surface area contributed by atoms with Crippen molar-refractivity contribution < 1.29 is 4.79 Å². The van der Waals surface area contributed by atoms with E-state index in [-0.39, 0.29) is 18.9 Å². The Morgan fingerprint density at radius 2 is 1.96 bits per heavy atom. The summed E-state index contributed by atoms with van der Waals surface area (Å²) in [6.45, 7) is 5.44. The fourth-order valence-corrected chi connectivity index (χ4v) is 3.12. The van der Waals surface area contributed by atoms with Gasteiger partial charge in [-0.05, 0) is 38.5 Å². The largest absolute Gasteiger partial charge is 0.356 e. The van der Waals surface area contributed by atoms with Crippen LogP contribution in [0.4, 0.5) is 0 Å². The first kappa shape index (κ1) is 18.6. The zero-order chi connectivity index (χ0) is 19.4. The lowest BCUT2D eigenvalue weighted by Crippen LogP contribution is -2.32. The first-order valence-electron chi connectivity index (χ1n) is 8.95. The second-order valence-electron chi connectivity index (χ2n) is 6.53. The first-order chi connectivity index (χ1) is 13.0. The number of carbonyl (C=O) groups is 1. The molecule has 2 N–H and O–H groups in total. The minimum Gasteiger partial charge on any atom is -0.356 e. The van der Waals surface area contributed by atoms with E-state index in [1.54, 1.807) is 24.3 Å². The van der Waals surface area contributed by atoms with Crippen molar-refractivity contribution in [3.05, 3.63) is 62.6 Å². The molecule has 1 amide bonds. The fourth-order valence-electron chi connectivity index (χ4n) is 3.12. The molecule has 0 fully saturated rings. The van der Waals surface area contributed by atoms with E-state index in [4.69, 9.17) is 0 Å². The maximum Gasteiger partial charge on any atom is 0.328 e. The molecule has 0 saturated heterocycles. The van der Waals surface area contributed by atoms with Crippen LogP contribution in [0.15, 0.2) is 39.9 Å². The number of nitrogens with one attached hydrogen (secondary N) is 2. The van der Waals surface area contributed by atoms with Crippen molar-refractivity contribution in [3.63, 3.8) is 0 Å². The van der Waals surface area contributed by atoms with Crippen LogP contribution in [-0.2, 0) is 17.9 Å². The van der Waals surface area contributed by atoms with Crippen molar-refractivity contribution in [2.45, 2.75) is 39.8 Å². The average Bonchev–Trinajstić information content (AvgIpc) is 2.96. The Balaban J connectivity index is 1.54. The topological polar surface area (TPSA) is 102 Å². The molecule has 142 valence electrons. The number of aromatic amines is 1. The molecule has 0 spiro atoms. The number of fused-ring (bicyclic) bond motifs is 1. The summed E-state index contributed by atoms with van der Waals surface area (Å²) in [7, 11) is 0. The first-order valence-corrected chi connectivity index (χ1v) is 8.95. The Bertz CT molecular complexity index is 1080. The molecule has 0 bridgehead atoms. The summed E-state index contributed by atoms with van der Waals surface area (Å²) in [5.74, 6) is -0.134. The van der Waals surface area contributed by atoms with Gasteiger partial charge in [0.25, 0.3) is 5.56 Å². The smallest absolute Gasteiger partial charge is 0.328 e. The zero-order valence-corrected chi connectivity index (χ0v) is 15.5. The van der Waals surface area contributed by atoms with Crippen LogP contribution in [0.1, 0.15) is 24.2 Å². The van der Waals surface area contributed by atoms with Crippen LogP contribution < -0.4 is 16.6 Å². The molecule has 0 radical (unpaired) electrons. The van der Waals surface area contributed by atoms with Crippen molar-refractivity contribution in [3.8, 4) is 0 Å². The van der Waals surface area contributed by atoms with Gasteiger partial charge in [0.15, 0.2) is 0 Å². The Hall–Kier alpha value is -3.16. The third-order valence-electron chi connectivity index (χ3n) is 4.44. The monoisotopic (exact) mass is 369 g/mol. The number of hydrogen-bond donors (Lipinski definition) is 2. The third-order valence-corrected chi connectivity index (χ3v) is 4.44. The van der Waals surface area contributed by atoms with Gasteiger partial charge < -0.3 is 5.32 Å². The van der Waals surface area contributed by atoms with Crippen molar-refractivity contribution >= 4 is 16.8 Å². The highest BCUT2D eigenvalue weighted by Gasteiger charge is 2.09. The van der Waals surface area contributed by atoms with E-state index in [1.165, 1.54) is 4.57 Å². The quantitative estimate of drug-likeness (QED) is 0.609. The van der Waals surface area contributed by atoms with Crippen molar-refractivity contribution in [1.29, 1.82) is 0 Å². The number of aryl methyl sites for hydroxylation is 4. The standard InChI is InChI=1S/C19H23N5O3/c1-13-12-14(2)24(22-13)10-5-9-20-17(25)8-11-23-16-7-4-3-6-15(16)18(26)21-19(23)27/h3-4,6-7,12H,5,8-11H2,1-2H3,(H,20,25)(H,21,26,27). The van der Waals surface area contributed by atoms with Crippen molar-refractivity contribution in [2.24, 2.45) is 0 Å². The highest BCUT2D eigenvalue weighted by molar-refractivity contribution is 5.78. The minimum atomic E-state index is -0.504. The molecule has 8 nitrogen and oxygen atoms in total. The summed E-state index contributed by atoms with van der Waals surface area (Å²) >= 11 is 0. The zero-order valence-electron chi connectivity index (χ0n) is 15.5. The van der Waals surface area contributed by atoms with Gasteiger partial charge in [0.1, 0.15) is 0 Å². The summed E-state index contributed by atoms with van der Waals surface area (Å²) in [6, 6.07) is 8.88. The van der Waals surface area contributed by atoms with Gasteiger partial charge >= 0.3 is 5.69 Å². The number of H-pyrrole nitrogens is 1. The highest BCUT2D eigenvalue weighted by Crippen LogP contribution is 2.07. The van der Waals surface area contributed by atoms with Crippen molar-refractivity contribution in [2.75, 3.05) is 6.54 Å². The Labute approximate surface area is 155 Å². The van der Waals surface area contributed by atoms with Crippen LogP contribution in [0, 0.1) is 13.8 Å². The van der Waals surface area contributed by atoms with E-state index < -0.39 is 11.2 Å². The summed E-state index contributed by atoms with van der Waals surface area (Å²) in [4.78, 5) is 38.3. The Kier molecular flexibility index (Phi) is 5.54. The van der Waals surface area contributed by atoms with Crippen LogP contribution in [0.3, 0.4) is 0 Å². The maximum absolute atomic E-state index is 12.1. The molecule has 8 heteroatoms. The normalized spacial score (nSPS) is 11.0. The number of aromatic nitrogens is 4. The van der Waals surface area contributed by atoms with Gasteiger partial charge in [0.05, 0.1) is 16.6 Å². The van der Waals surface area contributed by atoms with Gasteiger partial charge in [0, 0.05) is 31.7 Å². The lowest BCUT2D eigenvalue weighted by atomic mass is 10.2. The molecule has 3 rings (SSSR count). The van der Waals surface area contributed by atoms with Gasteiger partial charge in [-0.2, -0.15) is 5.10 Å². The van der Waals surface area contributed by atoms with Crippen molar-refractivity contribution in [1.82, 2.24) is 24.6 Å². The molecule has 1 aromatic carbocycles. The van der Waals surface area contributed by atoms with Gasteiger partial charge in [-0.15, -0.1) is 0 Å². The number of hydrogen-bond acceptors (Lipinski definition) is 4. The molecule has 27 heavy (non-hydrogen) atoms. The van der Waals surface area contributed by atoms with Gasteiger partial charge in [-0.1, -0.05) is 12.1 Å². The van der Waals surface area contributed by atoms with Crippen LogP contribution in [0.2, 0.25) is 0 Å². The molecule has 0 unspecified atom stereocenters. The van der Waals surface area contributed by atoms with E-state index in [0.717, 1.165) is 24.4 Å². The molecule has 2 aromatic heterocycles. The van der Waals surface area contributed by atoms with Gasteiger partial charge in [-0.3, -0.25) is 23.8 Å². The number of nitrogens with zero attached hydrogens (tertiary/aromatic N) is 3. The molecule has 3 aromatic rings. The predicted molar refractivity (Wildman–Crippen MR) is 103 cm³/mol. The average molecular weight is 369 g/mol. The van der Waals surface area contributed by atoms with E-state index in [1.807, 2.05) is 24.6 Å². The molecule has 0 aliphatic carbocycles. The summed E-state index contributed by atoms with van der Waals surface area (Å²) in [5.41, 5.74) is 1.69. The summed E-state index contributed by atoms with van der Waals surface area (Å²) in [6.07, 6.45) is 0.936. The minimum absolute atomic E-state index is 0.134. The SMILES string of the molecule is Cc1cc(C)n(CCCNC(=O)CCn2c(=O)[nH]c(=O)c3ccccc32)n1. The second-order valence-corrected chi connectivity index (χ2v) is 6.53. The number of para-hydroxylation sites is 1. The molecular formula is C19H23N5O3. The molecule has 0 aliphatic heterocycles. The molecule has 0 saturated carbocycles. The summed E-state index contributed by atoms with van der Waals surface area (Å²) in [5, 5.41) is 7.68.